The smallest absolute Gasteiger partial charge is 0.261 e. The van der Waals surface area contributed by atoms with E-state index in [2.05, 4.69) is 15.4 Å². The molecule has 0 aliphatic heterocycles. The topological polar surface area (TPSA) is 96.7 Å². The lowest BCUT2D eigenvalue weighted by atomic mass is 10.2. The van der Waals surface area contributed by atoms with Crippen molar-refractivity contribution < 1.29 is 13.2 Å². The summed E-state index contributed by atoms with van der Waals surface area (Å²) in [6, 6.07) is 17.6. The van der Waals surface area contributed by atoms with Crippen molar-refractivity contribution >= 4 is 39.6 Å². The number of aryl methyl sites for hydroxylation is 1. The number of thiol groups is 1. The van der Waals surface area contributed by atoms with E-state index in [4.69, 9.17) is 0 Å². The van der Waals surface area contributed by atoms with Crippen molar-refractivity contribution in [2.75, 3.05) is 9.62 Å². The molecule has 146 valence electrons. The summed E-state index contributed by atoms with van der Waals surface area (Å²) < 4.78 is 26.6. The van der Waals surface area contributed by atoms with Crippen LogP contribution in [0.15, 0.2) is 73.1 Å². The van der Waals surface area contributed by atoms with Crippen LogP contribution in [0.5, 0.6) is 0 Å². The maximum absolute atomic E-state index is 12.7. The van der Waals surface area contributed by atoms with Crippen LogP contribution in [0.1, 0.15) is 15.9 Å². The Bertz CT molecular complexity index is 1260. The highest BCUT2D eigenvalue weighted by atomic mass is 32.2. The number of para-hydroxylation sites is 2. The summed E-state index contributed by atoms with van der Waals surface area (Å²) in [6.07, 6.45) is 2.97. The predicted molar refractivity (Wildman–Crippen MR) is 111 cm³/mol. The molecule has 0 fully saturated rings. The molecule has 9 heteroatoms. The zero-order valence-corrected chi connectivity index (χ0v) is 16.3. The van der Waals surface area contributed by atoms with Crippen LogP contribution >= 0.6 is 0 Å². The van der Waals surface area contributed by atoms with E-state index in [1.807, 2.05) is 37.3 Å². The number of hydrogen-bond acceptors (Lipinski definition) is 5. The lowest BCUT2D eigenvalue weighted by molar-refractivity contribution is 0.102. The lowest BCUT2D eigenvalue weighted by Crippen LogP contribution is -2.18. The molecule has 4 rings (SSSR count). The Morgan fingerprint density at radius 2 is 1.76 bits per heavy atom. The molecule has 0 aliphatic carbocycles. The zero-order chi connectivity index (χ0) is 20.4. The Hall–Kier alpha value is -3.72. The summed E-state index contributed by atoms with van der Waals surface area (Å²) in [5.41, 5.74) is 2.41. The fourth-order valence-corrected chi connectivity index (χ4v) is 3.63. The molecular formula is C20H17N5O3S. The van der Waals surface area contributed by atoms with Crippen molar-refractivity contribution in [1.29, 1.82) is 0 Å². The summed E-state index contributed by atoms with van der Waals surface area (Å²) in [5, 5.41) is 6.92. The van der Waals surface area contributed by atoms with E-state index in [0.717, 1.165) is 9.87 Å². The van der Waals surface area contributed by atoms with Crippen LogP contribution in [-0.4, -0.2) is 28.9 Å². The van der Waals surface area contributed by atoms with E-state index in [9.17, 15) is 13.2 Å². The Kier molecular flexibility index (Phi) is 4.96. The highest BCUT2D eigenvalue weighted by Gasteiger charge is 2.19. The maximum Gasteiger partial charge on any atom is 0.261 e. The first-order valence-corrected chi connectivity index (χ1v) is 9.88. The number of benzene rings is 2. The molecule has 8 nitrogen and oxygen atoms in total. The number of rotatable bonds is 5. The van der Waals surface area contributed by atoms with E-state index in [-0.39, 0.29) is 22.9 Å². The number of nitrogens with zero attached hydrogens (tertiary/aromatic N) is 4. The fourth-order valence-electron chi connectivity index (χ4n) is 2.95. The third-order valence-corrected chi connectivity index (χ3v) is 5.10. The maximum atomic E-state index is 12.7. The quantitative estimate of drug-likeness (QED) is 0.496. The highest BCUT2D eigenvalue weighted by molar-refractivity contribution is 7.74. The minimum Gasteiger partial charge on any atom is -0.322 e. The summed E-state index contributed by atoms with van der Waals surface area (Å²) in [5.74, 6) is -0.207. The number of amides is 1. The molecule has 2 heterocycles. The van der Waals surface area contributed by atoms with Gasteiger partial charge in [-0.15, -0.1) is 0 Å². The fraction of sp³-hybridized carbons (Fsp3) is 0.0500. The molecule has 0 bridgehead atoms. The summed E-state index contributed by atoms with van der Waals surface area (Å²) in [7, 11) is -3.00. The average Bonchev–Trinajstić information content (AvgIpc) is 3.14. The van der Waals surface area contributed by atoms with Crippen LogP contribution in [-0.2, 0) is 10.9 Å². The van der Waals surface area contributed by atoms with Gasteiger partial charge in [-0.2, -0.15) is 5.10 Å². The molecule has 4 aromatic rings. The number of carbonyl (C=O) groups excluding carboxylic acids is 1. The molecule has 2 aromatic carbocycles. The average molecular weight is 407 g/mol. The van der Waals surface area contributed by atoms with E-state index >= 15 is 0 Å². The van der Waals surface area contributed by atoms with Gasteiger partial charge in [0.05, 0.1) is 11.9 Å². The van der Waals surface area contributed by atoms with Crippen molar-refractivity contribution in [3.63, 3.8) is 0 Å². The van der Waals surface area contributed by atoms with Gasteiger partial charge in [-0.1, -0.05) is 36.4 Å². The second-order valence-corrected chi connectivity index (χ2v) is 7.14. The number of hydrogen-bond donors (Lipinski definition) is 2. The summed E-state index contributed by atoms with van der Waals surface area (Å²) in [4.78, 5) is 17.1. The van der Waals surface area contributed by atoms with E-state index < -0.39 is 10.9 Å². The minimum atomic E-state index is -3.00. The van der Waals surface area contributed by atoms with E-state index in [0.29, 0.717) is 11.4 Å². The molecular weight excluding hydrogens is 390 g/mol. The second-order valence-electron chi connectivity index (χ2n) is 6.27. The van der Waals surface area contributed by atoms with Crippen molar-refractivity contribution in [3.05, 3.63) is 84.2 Å². The van der Waals surface area contributed by atoms with Crippen LogP contribution in [0.25, 0.3) is 5.65 Å². The van der Waals surface area contributed by atoms with Crippen LogP contribution in [0.3, 0.4) is 0 Å². The molecule has 0 atom stereocenters. The first-order valence-electron chi connectivity index (χ1n) is 8.75. The number of carbonyl (C=O) groups is 1. The molecule has 29 heavy (non-hydrogen) atoms. The van der Waals surface area contributed by atoms with Gasteiger partial charge in [0.1, 0.15) is 5.56 Å². The zero-order valence-electron chi connectivity index (χ0n) is 15.4. The van der Waals surface area contributed by atoms with Crippen LogP contribution in [0.2, 0.25) is 0 Å². The van der Waals surface area contributed by atoms with E-state index in [1.165, 1.54) is 16.8 Å². The standard InChI is InChI=1S/C20H17N5O3S/c1-14-7-5-6-10-17(14)25(29(27)28)18-11-12-24-19(23-18)16(13-21-24)20(26)22-15-8-3-2-4-9-15/h2-13,29H,1H3,(H,22,26). The van der Waals surface area contributed by atoms with Crippen molar-refractivity contribution in [1.82, 2.24) is 14.6 Å². The van der Waals surface area contributed by atoms with Gasteiger partial charge >= 0.3 is 0 Å². The van der Waals surface area contributed by atoms with Crippen molar-refractivity contribution in [3.8, 4) is 0 Å². The summed E-state index contributed by atoms with van der Waals surface area (Å²) in [6.45, 7) is 1.82. The third kappa shape index (κ3) is 3.67. The van der Waals surface area contributed by atoms with Crippen LogP contribution in [0, 0.1) is 6.92 Å². The predicted octanol–water partition coefficient (Wildman–Crippen LogP) is 2.95. The number of nitrogens with one attached hydrogen (secondary N) is 1. The minimum absolute atomic E-state index is 0.178. The monoisotopic (exact) mass is 407 g/mol. The third-order valence-electron chi connectivity index (χ3n) is 4.35. The Morgan fingerprint density at radius 3 is 2.48 bits per heavy atom. The van der Waals surface area contributed by atoms with Gasteiger partial charge in [0.2, 0.25) is 10.9 Å². The van der Waals surface area contributed by atoms with Gasteiger partial charge in [0.15, 0.2) is 11.5 Å². The SMILES string of the molecule is Cc1ccccc1N(c1ccn2ncc(C(=O)Nc3ccccc3)c2n1)[SH](=O)=O. The summed E-state index contributed by atoms with van der Waals surface area (Å²) >= 11 is 0. The molecule has 2 aromatic heterocycles. The van der Waals surface area contributed by atoms with Crippen molar-refractivity contribution in [2.45, 2.75) is 6.92 Å². The van der Waals surface area contributed by atoms with Crippen LogP contribution < -0.4 is 9.62 Å². The molecule has 0 unspecified atom stereocenters. The number of fused-ring (bicyclic) bond motifs is 1. The van der Waals surface area contributed by atoms with Gasteiger partial charge in [-0.05, 0) is 30.7 Å². The molecule has 0 radical (unpaired) electrons. The molecule has 1 amide bonds. The second kappa shape index (κ2) is 7.72. The first kappa shape index (κ1) is 18.6. The Morgan fingerprint density at radius 1 is 1.03 bits per heavy atom. The number of anilines is 3. The molecule has 0 saturated heterocycles. The van der Waals surface area contributed by atoms with Gasteiger partial charge < -0.3 is 5.32 Å². The Balaban J connectivity index is 1.76. The van der Waals surface area contributed by atoms with Gasteiger partial charge in [0.25, 0.3) is 5.91 Å². The van der Waals surface area contributed by atoms with Crippen LogP contribution in [0.4, 0.5) is 17.2 Å². The molecule has 1 N–H and O–H groups in total. The highest BCUT2D eigenvalue weighted by Crippen LogP contribution is 2.27. The lowest BCUT2D eigenvalue weighted by Gasteiger charge is -2.18. The van der Waals surface area contributed by atoms with Crippen molar-refractivity contribution in [2.24, 2.45) is 0 Å². The normalized spacial score (nSPS) is 11.0. The van der Waals surface area contributed by atoms with Gasteiger partial charge in [-0.25, -0.2) is 22.2 Å². The molecule has 0 spiro atoms. The van der Waals surface area contributed by atoms with Gasteiger partial charge in [0, 0.05) is 18.0 Å². The van der Waals surface area contributed by atoms with Gasteiger partial charge in [-0.3, -0.25) is 4.79 Å². The Labute approximate surface area is 168 Å². The molecule has 0 saturated carbocycles. The molecule has 0 aliphatic rings. The largest absolute Gasteiger partial charge is 0.322 e. The first-order chi connectivity index (χ1) is 14.0. The number of aromatic nitrogens is 3. The van der Waals surface area contributed by atoms with E-state index in [1.54, 1.807) is 30.5 Å².